The van der Waals surface area contributed by atoms with Crippen LogP contribution in [0.15, 0.2) is 6.20 Å². The lowest BCUT2D eigenvalue weighted by Gasteiger charge is -1.92. The molecule has 4 nitrogen and oxygen atoms in total. The normalized spacial score (nSPS) is 8.27. The molecule has 0 unspecified atom stereocenters. The molecule has 1 aromatic heterocycles. The van der Waals surface area contributed by atoms with Gasteiger partial charge in [0.15, 0.2) is 11.4 Å². The Kier molecular flexibility index (Phi) is 1.80. The minimum absolute atomic E-state index is 0.0816. The number of nitrogens with zero attached hydrogens (tertiary/aromatic N) is 4. The van der Waals surface area contributed by atoms with Crippen LogP contribution in [0.5, 0.6) is 0 Å². The predicted molar refractivity (Wildman–Crippen MR) is 36.2 cm³/mol. The molecule has 1 rings (SSSR count). The fourth-order valence-electron chi connectivity index (χ4n) is 0.637. The van der Waals surface area contributed by atoms with Gasteiger partial charge in [0.25, 0.3) is 0 Å². The monoisotopic (exact) mass is 144 g/mol. The Morgan fingerprint density at radius 2 is 1.91 bits per heavy atom. The van der Waals surface area contributed by atoms with Crippen molar-refractivity contribution in [3.8, 4) is 12.1 Å². The predicted octanol–water partition coefficient (Wildman–Crippen LogP) is 0.528. The van der Waals surface area contributed by atoms with E-state index in [0.717, 1.165) is 0 Å². The van der Waals surface area contributed by atoms with Crippen molar-refractivity contribution in [1.29, 1.82) is 10.5 Å². The third kappa shape index (κ3) is 1.31. The van der Waals surface area contributed by atoms with Gasteiger partial charge in [-0.25, -0.2) is 9.97 Å². The summed E-state index contributed by atoms with van der Waals surface area (Å²) in [6, 6.07) is 3.57. The standard InChI is InChI=1S/C7H4N4/c1-5-4-10-6(2-8)7(3-9)11-5/h4H,1H3. The Hall–Kier alpha value is -1.94. The maximum Gasteiger partial charge on any atom is 0.177 e. The van der Waals surface area contributed by atoms with Crippen molar-refractivity contribution >= 4 is 0 Å². The smallest absolute Gasteiger partial charge is 0.177 e. The summed E-state index contributed by atoms with van der Waals surface area (Å²) in [6.07, 6.45) is 1.46. The van der Waals surface area contributed by atoms with Crippen LogP contribution < -0.4 is 0 Å². The first kappa shape index (κ1) is 7.17. The molecule has 52 valence electrons. The summed E-state index contributed by atoms with van der Waals surface area (Å²) in [5, 5.41) is 16.9. The van der Waals surface area contributed by atoms with Crippen molar-refractivity contribution in [3.05, 3.63) is 23.3 Å². The highest BCUT2D eigenvalue weighted by Crippen LogP contribution is 1.99. The molecule has 1 aromatic rings. The summed E-state index contributed by atoms with van der Waals surface area (Å²) in [5.74, 6) is 0. The molecule has 0 spiro atoms. The van der Waals surface area contributed by atoms with E-state index < -0.39 is 0 Å². The van der Waals surface area contributed by atoms with Crippen LogP contribution in [0.1, 0.15) is 17.1 Å². The maximum absolute atomic E-state index is 8.47. The zero-order valence-corrected chi connectivity index (χ0v) is 5.87. The summed E-state index contributed by atoms with van der Waals surface area (Å²) in [5.41, 5.74) is 0.811. The topological polar surface area (TPSA) is 73.4 Å². The Bertz CT molecular complexity index is 356. The van der Waals surface area contributed by atoms with E-state index in [2.05, 4.69) is 9.97 Å². The van der Waals surface area contributed by atoms with Gasteiger partial charge in [0.05, 0.1) is 5.69 Å². The van der Waals surface area contributed by atoms with Crippen molar-refractivity contribution in [3.63, 3.8) is 0 Å². The summed E-state index contributed by atoms with van der Waals surface area (Å²) < 4.78 is 0. The molecule has 11 heavy (non-hydrogen) atoms. The van der Waals surface area contributed by atoms with Crippen molar-refractivity contribution in [2.24, 2.45) is 0 Å². The summed E-state index contributed by atoms with van der Waals surface area (Å²) in [6.45, 7) is 1.72. The zero-order chi connectivity index (χ0) is 8.27. The first-order valence-corrected chi connectivity index (χ1v) is 2.91. The fourth-order valence-corrected chi connectivity index (χ4v) is 0.637. The molecule has 0 amide bonds. The van der Waals surface area contributed by atoms with E-state index in [1.54, 1.807) is 19.1 Å². The van der Waals surface area contributed by atoms with Crippen LogP contribution in [0, 0.1) is 29.6 Å². The van der Waals surface area contributed by atoms with E-state index in [0.29, 0.717) is 5.69 Å². The minimum atomic E-state index is 0.0816. The van der Waals surface area contributed by atoms with Crippen LogP contribution in [-0.2, 0) is 0 Å². The third-order valence-electron chi connectivity index (χ3n) is 1.10. The van der Waals surface area contributed by atoms with E-state index in [4.69, 9.17) is 10.5 Å². The summed E-state index contributed by atoms with van der Waals surface area (Å²) >= 11 is 0. The highest BCUT2D eigenvalue weighted by molar-refractivity contribution is 5.34. The maximum atomic E-state index is 8.47. The number of aryl methyl sites for hydroxylation is 1. The Balaban J connectivity index is 3.34. The molecule has 0 atom stereocenters. The number of hydrogen-bond acceptors (Lipinski definition) is 4. The molecule has 0 saturated heterocycles. The molecule has 1 heterocycles. The van der Waals surface area contributed by atoms with Crippen molar-refractivity contribution in [2.45, 2.75) is 6.92 Å². The molecule has 4 heteroatoms. The molecule has 0 N–H and O–H groups in total. The highest BCUT2D eigenvalue weighted by atomic mass is 14.8. The number of rotatable bonds is 0. The minimum Gasteiger partial charge on any atom is -0.241 e. The van der Waals surface area contributed by atoms with Gasteiger partial charge in [-0.05, 0) is 6.92 Å². The Morgan fingerprint density at radius 1 is 1.27 bits per heavy atom. The number of hydrogen-bond donors (Lipinski definition) is 0. The highest BCUT2D eigenvalue weighted by Gasteiger charge is 2.02. The quantitative estimate of drug-likeness (QED) is 0.532. The summed E-state index contributed by atoms with van der Waals surface area (Å²) in [7, 11) is 0. The average Bonchev–Trinajstić information content (AvgIpc) is 2.04. The van der Waals surface area contributed by atoms with Gasteiger partial charge in [-0.1, -0.05) is 0 Å². The van der Waals surface area contributed by atoms with Crippen molar-refractivity contribution in [2.75, 3.05) is 0 Å². The van der Waals surface area contributed by atoms with Gasteiger partial charge in [0.2, 0.25) is 0 Å². The van der Waals surface area contributed by atoms with Crippen LogP contribution in [0.4, 0.5) is 0 Å². The second-order valence-electron chi connectivity index (χ2n) is 1.93. The average molecular weight is 144 g/mol. The van der Waals surface area contributed by atoms with Gasteiger partial charge in [-0.3, -0.25) is 0 Å². The molecule has 0 aliphatic rings. The van der Waals surface area contributed by atoms with Crippen LogP contribution >= 0.6 is 0 Å². The van der Waals surface area contributed by atoms with E-state index in [9.17, 15) is 0 Å². The molecule has 0 bridgehead atoms. The lowest BCUT2D eigenvalue weighted by molar-refractivity contribution is 1.07. The van der Waals surface area contributed by atoms with Crippen LogP contribution in [-0.4, -0.2) is 9.97 Å². The van der Waals surface area contributed by atoms with Gasteiger partial charge >= 0.3 is 0 Å². The summed E-state index contributed by atoms with van der Waals surface area (Å²) in [4.78, 5) is 7.54. The zero-order valence-electron chi connectivity index (χ0n) is 5.87. The van der Waals surface area contributed by atoms with E-state index in [1.165, 1.54) is 6.20 Å². The third-order valence-corrected chi connectivity index (χ3v) is 1.10. The number of nitriles is 2. The largest absolute Gasteiger partial charge is 0.241 e. The molecule has 0 aromatic carbocycles. The molecule has 0 radical (unpaired) electrons. The van der Waals surface area contributed by atoms with Gasteiger partial charge in [-0.2, -0.15) is 10.5 Å². The first-order chi connectivity index (χ1) is 5.27. The second-order valence-corrected chi connectivity index (χ2v) is 1.93. The lowest BCUT2D eigenvalue weighted by atomic mass is 10.3. The lowest BCUT2D eigenvalue weighted by Crippen LogP contribution is -1.94. The van der Waals surface area contributed by atoms with E-state index >= 15 is 0 Å². The second kappa shape index (κ2) is 2.76. The van der Waals surface area contributed by atoms with Crippen molar-refractivity contribution < 1.29 is 0 Å². The molecular formula is C7H4N4. The van der Waals surface area contributed by atoms with Crippen LogP contribution in [0.25, 0.3) is 0 Å². The van der Waals surface area contributed by atoms with E-state index in [1.807, 2.05) is 0 Å². The van der Waals surface area contributed by atoms with Crippen molar-refractivity contribution in [1.82, 2.24) is 9.97 Å². The van der Waals surface area contributed by atoms with Gasteiger partial charge in [0.1, 0.15) is 12.1 Å². The van der Waals surface area contributed by atoms with Gasteiger partial charge in [0, 0.05) is 6.20 Å². The van der Waals surface area contributed by atoms with Gasteiger partial charge in [-0.15, -0.1) is 0 Å². The van der Waals surface area contributed by atoms with E-state index in [-0.39, 0.29) is 11.4 Å². The molecule has 0 aliphatic heterocycles. The SMILES string of the molecule is Cc1cnc(C#N)c(C#N)n1. The Morgan fingerprint density at radius 3 is 2.45 bits per heavy atom. The molecule has 0 aliphatic carbocycles. The van der Waals surface area contributed by atoms with Gasteiger partial charge < -0.3 is 0 Å². The molecule has 0 saturated carbocycles. The molecular weight excluding hydrogens is 140 g/mol. The molecule has 0 fully saturated rings. The Labute approximate surface area is 63.8 Å². The first-order valence-electron chi connectivity index (χ1n) is 2.91. The van der Waals surface area contributed by atoms with Crippen LogP contribution in [0.2, 0.25) is 0 Å². The fraction of sp³-hybridized carbons (Fsp3) is 0.143. The number of aromatic nitrogens is 2. The van der Waals surface area contributed by atoms with Crippen LogP contribution in [0.3, 0.4) is 0 Å².